The number of hydrogen-bond acceptors (Lipinski definition) is 8. The largest absolute Gasteiger partial charge is 0.481 e. The Morgan fingerprint density at radius 3 is 1.97 bits per heavy atom. The maximum absolute atomic E-state index is 12.9. The predicted octanol–water partition coefficient (Wildman–Crippen LogP) is -2.51. The molecule has 0 bridgehead atoms. The van der Waals surface area contributed by atoms with Gasteiger partial charge in [0.25, 0.3) is 0 Å². The van der Waals surface area contributed by atoms with E-state index in [1.54, 1.807) is 13.8 Å². The molecule has 0 aliphatic rings. The van der Waals surface area contributed by atoms with E-state index in [2.05, 4.69) is 16.0 Å². The minimum Gasteiger partial charge on any atom is -0.481 e. The Balaban J connectivity index is 5.48. The van der Waals surface area contributed by atoms with Crippen molar-refractivity contribution >= 4 is 29.7 Å². The molecule has 3 amide bonds. The van der Waals surface area contributed by atoms with E-state index in [4.69, 9.17) is 26.8 Å². The number of aliphatic hydroxyl groups is 1. The van der Waals surface area contributed by atoms with Gasteiger partial charge in [0.2, 0.25) is 17.7 Å². The highest BCUT2D eigenvalue weighted by Gasteiger charge is 2.32. The van der Waals surface area contributed by atoms with E-state index in [1.807, 2.05) is 0 Å². The summed E-state index contributed by atoms with van der Waals surface area (Å²) in [5.74, 6) is -5.47. The highest BCUT2D eigenvalue weighted by molar-refractivity contribution is 5.94. The van der Waals surface area contributed by atoms with Gasteiger partial charge in [-0.25, -0.2) is 4.79 Å². The smallest absolute Gasteiger partial charge is 0.328 e. The van der Waals surface area contributed by atoms with Gasteiger partial charge in [-0.1, -0.05) is 20.3 Å². The van der Waals surface area contributed by atoms with Crippen LogP contribution in [0.1, 0.15) is 46.0 Å². The van der Waals surface area contributed by atoms with Crippen molar-refractivity contribution in [3.05, 3.63) is 0 Å². The molecule has 0 saturated carbocycles. The molecule has 0 radical (unpaired) electrons. The zero-order chi connectivity index (χ0) is 24.8. The number of unbranched alkanes of at least 4 members (excludes halogenated alkanes) is 1. The highest BCUT2D eigenvalue weighted by Crippen LogP contribution is 2.10. The lowest BCUT2D eigenvalue weighted by Crippen LogP contribution is -2.59. The maximum Gasteiger partial charge on any atom is 0.328 e. The number of aliphatic hydroxyl groups excluding tert-OH is 1. The van der Waals surface area contributed by atoms with E-state index >= 15 is 0 Å². The van der Waals surface area contributed by atoms with Crippen molar-refractivity contribution in [2.45, 2.75) is 70.1 Å². The molecule has 13 heteroatoms. The molecule has 13 nitrogen and oxygen atoms in total. The fourth-order valence-corrected chi connectivity index (χ4v) is 2.72. The zero-order valence-corrected chi connectivity index (χ0v) is 18.4. The lowest BCUT2D eigenvalue weighted by molar-refractivity contribution is -0.143. The molecule has 0 fully saturated rings. The molecule has 5 unspecified atom stereocenters. The van der Waals surface area contributed by atoms with Gasteiger partial charge in [0.05, 0.1) is 19.1 Å². The van der Waals surface area contributed by atoms with Gasteiger partial charge in [-0.05, 0) is 31.7 Å². The molecule has 0 aromatic rings. The normalized spacial score (nSPS) is 15.5. The number of carbonyl (C=O) groups is 5. The van der Waals surface area contributed by atoms with Crippen molar-refractivity contribution < 1.29 is 39.3 Å². The molecule has 0 aromatic carbocycles. The monoisotopic (exact) mass is 461 g/mol. The summed E-state index contributed by atoms with van der Waals surface area (Å²) in [7, 11) is 0. The summed E-state index contributed by atoms with van der Waals surface area (Å²) in [6.07, 6.45) is 1.03. The van der Waals surface area contributed by atoms with Gasteiger partial charge < -0.3 is 42.7 Å². The number of hydrogen-bond donors (Lipinski definition) is 8. The lowest BCUT2D eigenvalue weighted by atomic mass is 9.97. The SMILES string of the molecule is CCC(C)C(NC(=O)C(CCCCN)NC(=O)C(N)CC(=O)O)C(=O)NC(CO)C(=O)O. The molecule has 0 saturated heterocycles. The number of nitrogens with one attached hydrogen (secondary N) is 3. The number of rotatable bonds is 16. The topological polar surface area (TPSA) is 234 Å². The van der Waals surface area contributed by atoms with Crippen LogP contribution in [0.3, 0.4) is 0 Å². The van der Waals surface area contributed by atoms with E-state index in [1.165, 1.54) is 0 Å². The third kappa shape index (κ3) is 10.5. The van der Waals surface area contributed by atoms with Gasteiger partial charge in [0.1, 0.15) is 18.1 Å². The van der Waals surface area contributed by atoms with Crippen LogP contribution in [0.25, 0.3) is 0 Å². The Labute approximate surface area is 186 Å². The molecule has 0 spiro atoms. The van der Waals surface area contributed by atoms with Crippen LogP contribution >= 0.6 is 0 Å². The fourth-order valence-electron chi connectivity index (χ4n) is 2.72. The van der Waals surface area contributed by atoms with Gasteiger partial charge in [-0.3, -0.25) is 19.2 Å². The van der Waals surface area contributed by atoms with Crippen LogP contribution in [0.15, 0.2) is 0 Å². The second-order valence-corrected chi connectivity index (χ2v) is 7.50. The summed E-state index contributed by atoms with van der Waals surface area (Å²) in [6.45, 7) is 2.96. The summed E-state index contributed by atoms with van der Waals surface area (Å²) in [4.78, 5) is 59.6. The summed E-state index contributed by atoms with van der Waals surface area (Å²) in [6, 6.07) is -5.16. The van der Waals surface area contributed by atoms with Gasteiger partial charge in [0, 0.05) is 0 Å². The summed E-state index contributed by atoms with van der Waals surface area (Å²) < 4.78 is 0. The van der Waals surface area contributed by atoms with Crippen LogP contribution in [0.4, 0.5) is 0 Å². The van der Waals surface area contributed by atoms with Crippen molar-refractivity contribution in [2.24, 2.45) is 17.4 Å². The molecule has 10 N–H and O–H groups in total. The first-order valence-electron chi connectivity index (χ1n) is 10.4. The predicted molar refractivity (Wildman–Crippen MR) is 113 cm³/mol. The minimum atomic E-state index is -1.54. The second-order valence-electron chi connectivity index (χ2n) is 7.50. The van der Waals surface area contributed by atoms with Crippen LogP contribution in [0, 0.1) is 5.92 Å². The third-order valence-electron chi connectivity index (χ3n) is 4.90. The van der Waals surface area contributed by atoms with Crippen LogP contribution in [0.5, 0.6) is 0 Å². The fraction of sp³-hybridized carbons (Fsp3) is 0.737. The van der Waals surface area contributed by atoms with Crippen molar-refractivity contribution in [1.82, 2.24) is 16.0 Å². The quantitative estimate of drug-likeness (QED) is 0.112. The average molecular weight is 462 g/mol. The summed E-state index contributed by atoms with van der Waals surface area (Å²) >= 11 is 0. The molecule has 0 heterocycles. The van der Waals surface area contributed by atoms with Gasteiger partial charge in [-0.2, -0.15) is 0 Å². The molecule has 0 rings (SSSR count). The Morgan fingerprint density at radius 2 is 1.50 bits per heavy atom. The number of carboxylic acid groups (broad SMARTS) is 2. The van der Waals surface area contributed by atoms with E-state index in [-0.39, 0.29) is 6.42 Å². The molecular formula is C19H35N5O8. The minimum absolute atomic E-state index is 0.164. The molecule has 5 atom stereocenters. The third-order valence-corrected chi connectivity index (χ3v) is 4.90. The summed E-state index contributed by atoms with van der Waals surface area (Å²) in [5.41, 5.74) is 11.0. The van der Waals surface area contributed by atoms with E-state index in [0.717, 1.165) is 0 Å². The van der Waals surface area contributed by atoms with Crippen molar-refractivity contribution in [2.75, 3.05) is 13.2 Å². The molecule has 0 aliphatic heterocycles. The molecule has 0 aliphatic carbocycles. The van der Waals surface area contributed by atoms with Crippen LogP contribution in [-0.2, 0) is 24.0 Å². The van der Waals surface area contributed by atoms with E-state index in [0.29, 0.717) is 25.8 Å². The molecule has 184 valence electrons. The Hall–Kier alpha value is -2.77. The van der Waals surface area contributed by atoms with Crippen LogP contribution in [-0.4, -0.2) is 82.3 Å². The molecular weight excluding hydrogens is 426 g/mol. The lowest BCUT2D eigenvalue weighted by Gasteiger charge is -2.27. The Kier molecular flexibility index (Phi) is 13.8. The maximum atomic E-state index is 12.9. The number of carboxylic acids is 2. The number of aliphatic carboxylic acids is 2. The number of nitrogens with two attached hydrogens (primary N) is 2. The summed E-state index contributed by atoms with van der Waals surface area (Å²) in [5, 5.41) is 34.0. The molecule has 32 heavy (non-hydrogen) atoms. The van der Waals surface area contributed by atoms with Crippen LogP contribution in [0.2, 0.25) is 0 Å². The van der Waals surface area contributed by atoms with Crippen LogP contribution < -0.4 is 27.4 Å². The first-order valence-corrected chi connectivity index (χ1v) is 10.4. The number of carbonyl (C=O) groups excluding carboxylic acids is 3. The van der Waals surface area contributed by atoms with E-state index < -0.39 is 72.8 Å². The second kappa shape index (κ2) is 15.1. The van der Waals surface area contributed by atoms with Gasteiger partial charge in [0.15, 0.2) is 0 Å². The van der Waals surface area contributed by atoms with Gasteiger partial charge in [-0.15, -0.1) is 0 Å². The van der Waals surface area contributed by atoms with Crippen molar-refractivity contribution in [1.29, 1.82) is 0 Å². The average Bonchev–Trinajstić information content (AvgIpc) is 2.73. The first kappa shape index (κ1) is 29.2. The van der Waals surface area contributed by atoms with Crippen molar-refractivity contribution in [3.63, 3.8) is 0 Å². The first-order chi connectivity index (χ1) is 15.0. The standard InChI is InChI=1S/C19H35N5O8/c1-3-10(2)15(18(30)23-13(9-25)19(31)32)24-17(29)12(6-4-5-7-20)22-16(28)11(21)8-14(26)27/h10-13,15,25H,3-9,20-21H2,1-2H3,(H,22,28)(H,23,30)(H,24,29)(H,26,27)(H,31,32). The highest BCUT2D eigenvalue weighted by atomic mass is 16.4. The van der Waals surface area contributed by atoms with E-state index in [9.17, 15) is 24.0 Å². The van der Waals surface area contributed by atoms with Gasteiger partial charge >= 0.3 is 11.9 Å². The zero-order valence-electron chi connectivity index (χ0n) is 18.4. The Morgan fingerprint density at radius 1 is 0.906 bits per heavy atom. The van der Waals surface area contributed by atoms with Crippen molar-refractivity contribution in [3.8, 4) is 0 Å². The Bertz CT molecular complexity index is 660. The number of amides is 3. The molecule has 0 aromatic heterocycles.